The molecular weight excluding hydrogens is 466 g/mol. The van der Waals surface area contributed by atoms with E-state index < -0.39 is 6.04 Å². The zero-order chi connectivity index (χ0) is 25.9. The number of carbonyl (C=O) groups excluding carboxylic acids is 2. The molecule has 8 nitrogen and oxygen atoms in total. The standard InChI is InChI=1S/C29H37N5O3/c1-19-16-23(21-8-5-4-6-9-21)27-31-24(18-33(27)17-19)25-10-7-13-34(25)29(36)26(22-11-14-37-15-12-22)32-28(35)20(2)30-3/h4-6,8-9,16-18,20,22,25-26,30H,7,10-15H2,1-3H3,(H,32,35)/t20-,25-,26-/m0/s1. The van der Waals surface area contributed by atoms with Crippen molar-refractivity contribution in [2.75, 3.05) is 26.8 Å². The zero-order valence-electron chi connectivity index (χ0n) is 21.9. The minimum atomic E-state index is -0.563. The van der Waals surface area contributed by atoms with Crippen molar-refractivity contribution in [2.24, 2.45) is 5.92 Å². The second kappa shape index (κ2) is 11.0. The number of nitrogens with one attached hydrogen (secondary N) is 2. The first kappa shape index (κ1) is 25.4. The third-order valence-corrected chi connectivity index (χ3v) is 7.80. The van der Waals surface area contributed by atoms with E-state index in [4.69, 9.17) is 9.72 Å². The SMILES string of the molecule is CN[C@@H](C)C(=O)N[C@H](C(=O)N1CCC[C@H]1c1cn2cc(C)cc(-c3ccccc3)c2n1)C1CCOCC1. The summed E-state index contributed by atoms with van der Waals surface area (Å²) >= 11 is 0. The van der Waals surface area contributed by atoms with Crippen LogP contribution in [-0.4, -0.2) is 65.0 Å². The first-order valence-corrected chi connectivity index (χ1v) is 13.4. The molecule has 2 N–H and O–H groups in total. The van der Waals surface area contributed by atoms with Crippen LogP contribution in [0.2, 0.25) is 0 Å². The van der Waals surface area contributed by atoms with Gasteiger partial charge in [-0.3, -0.25) is 9.59 Å². The van der Waals surface area contributed by atoms with Gasteiger partial charge in [0, 0.05) is 37.7 Å². The van der Waals surface area contributed by atoms with Crippen molar-refractivity contribution in [3.8, 4) is 11.1 Å². The number of likely N-dealkylation sites (N-methyl/N-ethyl adjacent to an activating group) is 1. The van der Waals surface area contributed by atoms with Crippen molar-refractivity contribution in [3.63, 3.8) is 0 Å². The molecule has 0 spiro atoms. The number of rotatable bonds is 7. The molecule has 2 aliphatic heterocycles. The van der Waals surface area contributed by atoms with Crippen molar-refractivity contribution < 1.29 is 14.3 Å². The van der Waals surface area contributed by atoms with Gasteiger partial charge < -0.3 is 24.7 Å². The summed E-state index contributed by atoms with van der Waals surface area (Å²) in [6.07, 6.45) is 7.45. The molecule has 2 fully saturated rings. The van der Waals surface area contributed by atoms with Crippen LogP contribution in [0.5, 0.6) is 0 Å². The number of nitrogens with zero attached hydrogens (tertiary/aromatic N) is 3. The Morgan fingerprint density at radius 3 is 2.59 bits per heavy atom. The topological polar surface area (TPSA) is 88.0 Å². The molecule has 0 aliphatic carbocycles. The molecule has 0 bridgehead atoms. The van der Waals surface area contributed by atoms with Gasteiger partial charge in [-0.05, 0) is 69.7 Å². The van der Waals surface area contributed by atoms with Gasteiger partial charge in [-0.2, -0.15) is 0 Å². The van der Waals surface area contributed by atoms with E-state index in [0.717, 1.165) is 53.7 Å². The molecule has 4 heterocycles. The molecule has 8 heteroatoms. The number of imidazole rings is 1. The third-order valence-electron chi connectivity index (χ3n) is 7.80. The molecule has 2 aliphatic rings. The summed E-state index contributed by atoms with van der Waals surface area (Å²) < 4.78 is 7.63. The monoisotopic (exact) mass is 503 g/mol. The molecule has 1 aromatic carbocycles. The van der Waals surface area contributed by atoms with Gasteiger partial charge in [0.05, 0.1) is 17.8 Å². The van der Waals surface area contributed by atoms with E-state index in [2.05, 4.69) is 52.6 Å². The second-order valence-electron chi connectivity index (χ2n) is 10.3. The van der Waals surface area contributed by atoms with E-state index in [1.165, 1.54) is 0 Å². The van der Waals surface area contributed by atoms with Crippen LogP contribution in [0, 0.1) is 12.8 Å². The number of ether oxygens (including phenoxy) is 1. The lowest BCUT2D eigenvalue weighted by molar-refractivity contribution is -0.140. The lowest BCUT2D eigenvalue weighted by Gasteiger charge is -2.35. The Morgan fingerprint density at radius 1 is 1.11 bits per heavy atom. The smallest absolute Gasteiger partial charge is 0.246 e. The fourth-order valence-electron chi connectivity index (χ4n) is 5.61. The van der Waals surface area contributed by atoms with E-state index in [0.29, 0.717) is 19.8 Å². The van der Waals surface area contributed by atoms with Crippen molar-refractivity contribution >= 4 is 17.5 Å². The number of carbonyl (C=O) groups is 2. The normalized spacial score (nSPS) is 20.2. The van der Waals surface area contributed by atoms with Crippen LogP contribution in [0.25, 0.3) is 16.8 Å². The summed E-state index contributed by atoms with van der Waals surface area (Å²) in [6.45, 7) is 5.79. The first-order chi connectivity index (χ1) is 18.0. The lowest BCUT2D eigenvalue weighted by atomic mass is 9.90. The summed E-state index contributed by atoms with van der Waals surface area (Å²) in [5.41, 5.74) is 5.14. The van der Waals surface area contributed by atoms with E-state index in [1.807, 2.05) is 30.0 Å². The minimum Gasteiger partial charge on any atom is -0.381 e. The van der Waals surface area contributed by atoms with Crippen molar-refractivity contribution in [2.45, 2.75) is 57.7 Å². The van der Waals surface area contributed by atoms with Crippen LogP contribution in [0.4, 0.5) is 0 Å². The van der Waals surface area contributed by atoms with Crippen LogP contribution < -0.4 is 10.6 Å². The van der Waals surface area contributed by atoms with Gasteiger partial charge in [0.15, 0.2) is 0 Å². The van der Waals surface area contributed by atoms with Crippen LogP contribution >= 0.6 is 0 Å². The van der Waals surface area contributed by atoms with Crippen molar-refractivity contribution in [3.05, 3.63) is 60.0 Å². The summed E-state index contributed by atoms with van der Waals surface area (Å²) in [7, 11) is 1.75. The fourth-order valence-corrected chi connectivity index (χ4v) is 5.61. The minimum absolute atomic E-state index is 0.0115. The van der Waals surface area contributed by atoms with Crippen molar-refractivity contribution in [1.29, 1.82) is 0 Å². The Labute approximate surface area is 218 Å². The number of hydrogen-bond acceptors (Lipinski definition) is 5. The lowest BCUT2D eigenvalue weighted by Crippen LogP contribution is -2.56. The van der Waals surface area contributed by atoms with Gasteiger partial charge in [-0.15, -0.1) is 0 Å². The number of amides is 2. The molecule has 3 aromatic rings. The zero-order valence-corrected chi connectivity index (χ0v) is 21.9. The van der Waals surface area contributed by atoms with E-state index in [1.54, 1.807) is 7.05 Å². The molecule has 0 radical (unpaired) electrons. The van der Waals surface area contributed by atoms with Gasteiger partial charge in [-0.1, -0.05) is 30.3 Å². The van der Waals surface area contributed by atoms with Gasteiger partial charge >= 0.3 is 0 Å². The summed E-state index contributed by atoms with van der Waals surface area (Å²) in [4.78, 5) is 33.9. The maximum absolute atomic E-state index is 14.0. The molecule has 0 saturated carbocycles. The molecule has 5 rings (SSSR count). The highest BCUT2D eigenvalue weighted by Crippen LogP contribution is 2.35. The van der Waals surface area contributed by atoms with Gasteiger partial charge in [0.25, 0.3) is 0 Å². The molecule has 196 valence electrons. The van der Waals surface area contributed by atoms with Gasteiger partial charge in [0.2, 0.25) is 11.8 Å². The van der Waals surface area contributed by atoms with Crippen LogP contribution in [0.3, 0.4) is 0 Å². The van der Waals surface area contributed by atoms with Gasteiger partial charge in [-0.25, -0.2) is 4.98 Å². The maximum Gasteiger partial charge on any atom is 0.246 e. The van der Waals surface area contributed by atoms with Crippen LogP contribution in [0.1, 0.15) is 49.9 Å². The quantitative estimate of drug-likeness (QED) is 0.515. The molecule has 2 aromatic heterocycles. The molecular formula is C29H37N5O3. The number of benzene rings is 1. The summed E-state index contributed by atoms with van der Waals surface area (Å²) in [5, 5.41) is 6.06. The van der Waals surface area contributed by atoms with E-state index >= 15 is 0 Å². The van der Waals surface area contributed by atoms with Crippen LogP contribution in [0.15, 0.2) is 48.8 Å². The Balaban J connectivity index is 1.46. The molecule has 2 saturated heterocycles. The molecule has 3 atom stereocenters. The predicted molar refractivity (Wildman–Crippen MR) is 143 cm³/mol. The van der Waals surface area contributed by atoms with Crippen molar-refractivity contribution in [1.82, 2.24) is 24.9 Å². The third kappa shape index (κ3) is 5.26. The van der Waals surface area contributed by atoms with Gasteiger partial charge in [0.1, 0.15) is 11.7 Å². The van der Waals surface area contributed by atoms with Crippen LogP contribution in [-0.2, 0) is 14.3 Å². The number of fused-ring (bicyclic) bond motifs is 1. The molecule has 2 amide bonds. The van der Waals surface area contributed by atoms with E-state index in [-0.39, 0.29) is 29.8 Å². The second-order valence-corrected chi connectivity index (χ2v) is 10.3. The number of pyridine rings is 1. The number of hydrogen-bond donors (Lipinski definition) is 2. The average Bonchev–Trinajstić information content (AvgIpc) is 3.58. The maximum atomic E-state index is 14.0. The highest BCUT2D eigenvalue weighted by atomic mass is 16.5. The Bertz CT molecular complexity index is 1250. The predicted octanol–water partition coefficient (Wildman–Crippen LogP) is 3.49. The number of aryl methyl sites for hydroxylation is 1. The first-order valence-electron chi connectivity index (χ1n) is 13.4. The Hall–Kier alpha value is -3.23. The highest BCUT2D eigenvalue weighted by Gasteiger charge is 2.40. The number of likely N-dealkylation sites (tertiary alicyclic amines) is 1. The Morgan fingerprint density at radius 2 is 1.86 bits per heavy atom. The van der Waals surface area contributed by atoms with E-state index in [9.17, 15) is 9.59 Å². The average molecular weight is 504 g/mol. The molecule has 0 unspecified atom stereocenters. The summed E-state index contributed by atoms with van der Waals surface area (Å²) in [6, 6.07) is 11.4. The Kier molecular flexibility index (Phi) is 7.58. The number of aromatic nitrogens is 2. The largest absolute Gasteiger partial charge is 0.381 e. The molecule has 37 heavy (non-hydrogen) atoms. The highest BCUT2D eigenvalue weighted by molar-refractivity contribution is 5.90. The fraction of sp³-hybridized carbons (Fsp3) is 0.483. The summed E-state index contributed by atoms with van der Waals surface area (Å²) in [5.74, 6) is -0.106.